The van der Waals surface area contributed by atoms with Gasteiger partial charge in [0.15, 0.2) is 0 Å². The van der Waals surface area contributed by atoms with Crippen LogP contribution < -0.4 is 5.32 Å². The zero-order valence-corrected chi connectivity index (χ0v) is 9.15. The molecule has 0 amide bonds. The van der Waals surface area contributed by atoms with Gasteiger partial charge >= 0.3 is 5.97 Å². The van der Waals surface area contributed by atoms with Gasteiger partial charge in [-0.05, 0) is 25.0 Å². The molecule has 4 nitrogen and oxygen atoms in total. The summed E-state index contributed by atoms with van der Waals surface area (Å²) in [6.45, 7) is 0.783. The van der Waals surface area contributed by atoms with Gasteiger partial charge in [-0.1, -0.05) is 12.8 Å². The van der Waals surface area contributed by atoms with Gasteiger partial charge in [-0.15, -0.1) is 0 Å². The molecule has 1 unspecified atom stereocenters. The van der Waals surface area contributed by atoms with Gasteiger partial charge in [-0.2, -0.15) is 0 Å². The van der Waals surface area contributed by atoms with Crippen LogP contribution in [0.3, 0.4) is 0 Å². The van der Waals surface area contributed by atoms with E-state index in [0.29, 0.717) is 0 Å². The van der Waals surface area contributed by atoms with Gasteiger partial charge in [0.1, 0.15) is 6.04 Å². The van der Waals surface area contributed by atoms with Gasteiger partial charge in [0.2, 0.25) is 0 Å². The highest BCUT2D eigenvalue weighted by atomic mass is 16.4. The number of aliphatic carboxylic acids is 1. The Labute approximate surface area is 94.3 Å². The molecule has 2 heterocycles. The molecule has 1 aromatic rings. The maximum atomic E-state index is 11.1. The van der Waals surface area contributed by atoms with Crippen molar-refractivity contribution in [3.05, 3.63) is 24.0 Å². The first-order valence-corrected chi connectivity index (χ1v) is 5.87. The Kier molecular flexibility index (Phi) is 2.07. The van der Waals surface area contributed by atoms with Crippen LogP contribution in [-0.4, -0.2) is 22.2 Å². The summed E-state index contributed by atoms with van der Waals surface area (Å²) in [4.78, 5) is 11.1. The molecular formula is C12H16N2O2. The van der Waals surface area contributed by atoms with E-state index in [1.165, 1.54) is 12.8 Å². The van der Waals surface area contributed by atoms with E-state index >= 15 is 0 Å². The van der Waals surface area contributed by atoms with E-state index in [2.05, 4.69) is 9.88 Å². The third kappa shape index (κ3) is 1.23. The number of aromatic nitrogens is 1. The SMILES string of the molecule is O=C(O)C1NCC2(CCCC2)n2cccc21. The molecule has 0 aromatic carbocycles. The summed E-state index contributed by atoms with van der Waals surface area (Å²) in [5.41, 5.74) is 1.05. The Morgan fingerprint density at radius 2 is 2.25 bits per heavy atom. The van der Waals surface area contributed by atoms with Crippen LogP contribution >= 0.6 is 0 Å². The van der Waals surface area contributed by atoms with Gasteiger partial charge in [0, 0.05) is 18.4 Å². The van der Waals surface area contributed by atoms with Gasteiger partial charge in [-0.25, -0.2) is 0 Å². The second-order valence-electron chi connectivity index (χ2n) is 4.89. The third-order valence-corrected chi connectivity index (χ3v) is 4.00. The van der Waals surface area contributed by atoms with Crippen LogP contribution in [0.5, 0.6) is 0 Å². The summed E-state index contributed by atoms with van der Waals surface area (Å²) >= 11 is 0. The molecule has 0 bridgehead atoms. The van der Waals surface area contributed by atoms with Crippen molar-refractivity contribution in [3.8, 4) is 0 Å². The number of rotatable bonds is 1. The number of carboxylic acid groups (broad SMARTS) is 1. The van der Waals surface area contributed by atoms with Crippen molar-refractivity contribution >= 4 is 5.97 Å². The van der Waals surface area contributed by atoms with E-state index in [4.69, 9.17) is 5.11 Å². The summed E-state index contributed by atoms with van der Waals surface area (Å²) in [6, 6.07) is 3.34. The summed E-state index contributed by atoms with van der Waals surface area (Å²) in [5.74, 6) is -0.784. The molecule has 3 rings (SSSR count). The van der Waals surface area contributed by atoms with Crippen molar-refractivity contribution in [2.45, 2.75) is 37.3 Å². The first-order valence-electron chi connectivity index (χ1n) is 5.87. The Morgan fingerprint density at radius 3 is 2.94 bits per heavy atom. The van der Waals surface area contributed by atoms with E-state index < -0.39 is 12.0 Å². The fourth-order valence-corrected chi connectivity index (χ4v) is 3.21. The molecule has 0 radical (unpaired) electrons. The molecule has 4 heteroatoms. The number of carboxylic acids is 1. The van der Waals surface area contributed by atoms with Gasteiger partial charge in [0.05, 0.1) is 5.54 Å². The van der Waals surface area contributed by atoms with Crippen molar-refractivity contribution in [2.24, 2.45) is 0 Å². The van der Waals surface area contributed by atoms with Crippen molar-refractivity contribution < 1.29 is 9.90 Å². The minimum absolute atomic E-state index is 0.144. The summed E-state index contributed by atoms with van der Waals surface area (Å²) in [7, 11) is 0. The predicted octanol–water partition coefficient (Wildman–Crippen LogP) is 1.49. The molecule has 0 saturated heterocycles. The highest BCUT2D eigenvalue weighted by Gasteiger charge is 2.42. The van der Waals surface area contributed by atoms with Crippen molar-refractivity contribution in [3.63, 3.8) is 0 Å². The van der Waals surface area contributed by atoms with Crippen molar-refractivity contribution in [1.29, 1.82) is 0 Å². The number of nitrogens with one attached hydrogen (secondary N) is 1. The summed E-state index contributed by atoms with van der Waals surface area (Å²) < 4.78 is 2.20. The zero-order chi connectivity index (χ0) is 11.2. The Balaban J connectivity index is 2.05. The van der Waals surface area contributed by atoms with Crippen LogP contribution in [-0.2, 0) is 10.3 Å². The number of carbonyl (C=O) groups is 1. The lowest BCUT2D eigenvalue weighted by molar-refractivity contribution is -0.140. The molecular weight excluding hydrogens is 204 g/mol. The van der Waals surface area contributed by atoms with E-state index in [1.54, 1.807) is 0 Å². The van der Waals surface area contributed by atoms with Crippen LogP contribution in [0.1, 0.15) is 37.4 Å². The molecule has 16 heavy (non-hydrogen) atoms. The van der Waals surface area contributed by atoms with Crippen molar-refractivity contribution in [2.75, 3.05) is 6.54 Å². The molecule has 1 fully saturated rings. The predicted molar refractivity (Wildman–Crippen MR) is 59.3 cm³/mol. The van der Waals surface area contributed by atoms with Crippen LogP contribution in [0.15, 0.2) is 18.3 Å². The van der Waals surface area contributed by atoms with E-state index in [1.807, 2.05) is 18.3 Å². The van der Waals surface area contributed by atoms with E-state index in [0.717, 1.165) is 25.1 Å². The standard InChI is InChI=1S/C12H16N2O2/c15-11(16)10-9-4-3-7-14(9)12(8-13-10)5-1-2-6-12/h3-4,7,10,13H,1-2,5-6,8H2,(H,15,16). The Hall–Kier alpha value is -1.29. The average Bonchev–Trinajstić information content (AvgIpc) is 2.87. The summed E-state index contributed by atoms with van der Waals surface area (Å²) in [5, 5.41) is 12.3. The van der Waals surface area contributed by atoms with E-state index in [-0.39, 0.29) is 5.54 Å². The fraction of sp³-hybridized carbons (Fsp3) is 0.583. The normalized spacial score (nSPS) is 26.9. The van der Waals surface area contributed by atoms with Crippen LogP contribution in [0.25, 0.3) is 0 Å². The lowest BCUT2D eigenvalue weighted by atomic mass is 9.93. The highest BCUT2D eigenvalue weighted by molar-refractivity contribution is 5.75. The zero-order valence-electron chi connectivity index (χ0n) is 9.15. The molecule has 1 aliphatic heterocycles. The third-order valence-electron chi connectivity index (χ3n) is 4.00. The quantitative estimate of drug-likeness (QED) is 0.754. The van der Waals surface area contributed by atoms with Crippen LogP contribution in [0, 0.1) is 0 Å². The lowest BCUT2D eigenvalue weighted by Gasteiger charge is -2.39. The minimum atomic E-state index is -0.784. The first kappa shape index (κ1) is 9.90. The lowest BCUT2D eigenvalue weighted by Crippen LogP contribution is -2.50. The highest BCUT2D eigenvalue weighted by Crippen LogP contribution is 2.41. The van der Waals surface area contributed by atoms with Gasteiger partial charge in [0.25, 0.3) is 0 Å². The molecule has 2 N–H and O–H groups in total. The fourth-order valence-electron chi connectivity index (χ4n) is 3.21. The maximum absolute atomic E-state index is 11.1. The van der Waals surface area contributed by atoms with Crippen LogP contribution in [0.4, 0.5) is 0 Å². The minimum Gasteiger partial charge on any atom is -0.480 e. The van der Waals surface area contributed by atoms with Gasteiger partial charge in [-0.3, -0.25) is 10.1 Å². The smallest absolute Gasteiger partial charge is 0.326 e. The first-order chi connectivity index (χ1) is 7.73. The summed E-state index contributed by atoms with van der Waals surface area (Å²) in [6.07, 6.45) is 6.85. The number of hydrogen-bond donors (Lipinski definition) is 2. The largest absolute Gasteiger partial charge is 0.480 e. The second kappa shape index (κ2) is 3.35. The molecule has 1 saturated carbocycles. The number of hydrogen-bond acceptors (Lipinski definition) is 2. The molecule has 1 aromatic heterocycles. The number of fused-ring (bicyclic) bond motifs is 2. The topological polar surface area (TPSA) is 54.3 Å². The van der Waals surface area contributed by atoms with Crippen LogP contribution in [0.2, 0.25) is 0 Å². The van der Waals surface area contributed by atoms with Gasteiger partial charge < -0.3 is 9.67 Å². The Bertz CT molecular complexity index is 418. The molecule has 86 valence electrons. The average molecular weight is 220 g/mol. The molecule has 2 aliphatic rings. The molecule has 1 spiro atoms. The van der Waals surface area contributed by atoms with Crippen molar-refractivity contribution in [1.82, 2.24) is 9.88 Å². The monoisotopic (exact) mass is 220 g/mol. The number of nitrogens with zero attached hydrogens (tertiary/aromatic N) is 1. The molecule has 1 atom stereocenters. The maximum Gasteiger partial charge on any atom is 0.326 e. The van der Waals surface area contributed by atoms with E-state index in [9.17, 15) is 4.79 Å². The molecule has 1 aliphatic carbocycles. The Morgan fingerprint density at radius 1 is 1.50 bits per heavy atom. The second-order valence-corrected chi connectivity index (χ2v) is 4.89.